The smallest absolute Gasteiger partial charge is 0.244 e. The van der Waals surface area contributed by atoms with E-state index in [1.807, 2.05) is 58.9 Å². The molecular weight excluding hydrogens is 474 g/mol. The van der Waals surface area contributed by atoms with Gasteiger partial charge in [0.15, 0.2) is 0 Å². The largest absolute Gasteiger partial charge is 0.352 e. The molecule has 0 bridgehead atoms. The van der Waals surface area contributed by atoms with Gasteiger partial charge in [-0.1, -0.05) is 54.4 Å². The third kappa shape index (κ3) is 7.46. The van der Waals surface area contributed by atoms with Gasteiger partial charge in [0.2, 0.25) is 21.8 Å². The van der Waals surface area contributed by atoms with Crippen molar-refractivity contribution < 1.29 is 18.0 Å². The Hall–Kier alpha value is -2.58. The average Bonchev–Trinajstić information content (AvgIpc) is 2.72. The fourth-order valence-electron chi connectivity index (χ4n) is 3.66. The molecule has 0 aliphatic rings. The van der Waals surface area contributed by atoms with E-state index in [1.54, 1.807) is 12.1 Å². The fourth-order valence-corrected chi connectivity index (χ4v) is 4.67. The van der Waals surface area contributed by atoms with Gasteiger partial charge in [-0.25, -0.2) is 8.42 Å². The third-order valence-corrected chi connectivity index (χ3v) is 6.92. The first-order valence-corrected chi connectivity index (χ1v) is 13.4. The molecule has 0 aliphatic heterocycles. The maximum Gasteiger partial charge on any atom is 0.244 e. The van der Waals surface area contributed by atoms with E-state index in [0.29, 0.717) is 17.1 Å². The lowest BCUT2D eigenvalue weighted by molar-refractivity contribution is -0.140. The lowest BCUT2D eigenvalue weighted by Gasteiger charge is -2.33. The Bertz CT molecular complexity index is 1130. The molecule has 0 radical (unpaired) electrons. The number of anilines is 1. The van der Waals surface area contributed by atoms with E-state index < -0.39 is 28.5 Å². The predicted molar refractivity (Wildman–Crippen MR) is 137 cm³/mol. The number of sulfonamides is 1. The number of benzene rings is 2. The van der Waals surface area contributed by atoms with Crippen LogP contribution in [0.15, 0.2) is 42.5 Å². The molecule has 2 amide bonds. The molecule has 1 N–H and O–H groups in total. The molecule has 2 aromatic rings. The summed E-state index contributed by atoms with van der Waals surface area (Å²) in [4.78, 5) is 28.0. The standard InChI is InChI=1S/C25H34ClN3O4S/c1-7-23(25(31)27-17(2)3)28(15-20-10-8-9-18(4)13-20)24(30)16-29(34(6,32)33)21-12-11-19(5)22(26)14-21/h8-14,17,23H,7,15-16H2,1-6H3,(H,27,31). The summed E-state index contributed by atoms with van der Waals surface area (Å²) in [6, 6.07) is 11.7. The summed E-state index contributed by atoms with van der Waals surface area (Å²) in [5.74, 6) is -0.753. The zero-order valence-electron chi connectivity index (χ0n) is 20.6. The number of halogens is 1. The van der Waals surface area contributed by atoms with Gasteiger partial charge in [-0.2, -0.15) is 0 Å². The van der Waals surface area contributed by atoms with Gasteiger partial charge in [0.05, 0.1) is 11.9 Å². The van der Waals surface area contributed by atoms with Crippen LogP contribution in [0.4, 0.5) is 5.69 Å². The topological polar surface area (TPSA) is 86.8 Å². The van der Waals surface area contributed by atoms with Crippen molar-refractivity contribution >= 4 is 39.1 Å². The maximum atomic E-state index is 13.6. The Labute approximate surface area is 208 Å². The summed E-state index contributed by atoms with van der Waals surface area (Å²) in [5.41, 5.74) is 2.97. The first-order chi connectivity index (χ1) is 15.8. The predicted octanol–water partition coefficient (Wildman–Crippen LogP) is 4.05. The monoisotopic (exact) mass is 507 g/mol. The molecule has 9 heteroatoms. The second kappa shape index (κ2) is 11.7. The number of aryl methyl sites for hydroxylation is 2. The minimum Gasteiger partial charge on any atom is -0.352 e. The van der Waals surface area contributed by atoms with E-state index >= 15 is 0 Å². The van der Waals surface area contributed by atoms with E-state index in [1.165, 1.54) is 11.0 Å². The van der Waals surface area contributed by atoms with Crippen LogP contribution < -0.4 is 9.62 Å². The maximum absolute atomic E-state index is 13.6. The van der Waals surface area contributed by atoms with Crippen LogP contribution in [-0.4, -0.2) is 50.0 Å². The second-order valence-corrected chi connectivity index (χ2v) is 11.1. The van der Waals surface area contributed by atoms with Gasteiger partial charge in [-0.3, -0.25) is 13.9 Å². The number of hydrogen-bond donors (Lipinski definition) is 1. The number of carbonyl (C=O) groups is 2. The van der Waals surface area contributed by atoms with E-state index in [-0.39, 0.29) is 18.5 Å². The number of nitrogens with one attached hydrogen (secondary N) is 1. The molecule has 2 rings (SSSR count). The van der Waals surface area contributed by atoms with Crippen molar-refractivity contribution in [1.82, 2.24) is 10.2 Å². The van der Waals surface area contributed by atoms with Crippen molar-refractivity contribution in [2.75, 3.05) is 17.1 Å². The summed E-state index contributed by atoms with van der Waals surface area (Å²) in [6.07, 6.45) is 1.42. The van der Waals surface area contributed by atoms with Crippen molar-refractivity contribution in [2.45, 2.75) is 59.7 Å². The van der Waals surface area contributed by atoms with Crippen LogP contribution >= 0.6 is 11.6 Å². The Morgan fingerprint density at radius 1 is 1.09 bits per heavy atom. The summed E-state index contributed by atoms with van der Waals surface area (Å²) in [7, 11) is -3.80. The summed E-state index contributed by atoms with van der Waals surface area (Å²) < 4.78 is 26.3. The van der Waals surface area contributed by atoms with Gasteiger partial charge >= 0.3 is 0 Å². The zero-order valence-corrected chi connectivity index (χ0v) is 22.2. The highest BCUT2D eigenvalue weighted by Gasteiger charge is 2.32. The zero-order chi connectivity index (χ0) is 25.6. The van der Waals surface area contributed by atoms with Gasteiger partial charge in [-0.15, -0.1) is 0 Å². The quantitative estimate of drug-likeness (QED) is 0.525. The van der Waals surface area contributed by atoms with Crippen LogP contribution in [0.2, 0.25) is 5.02 Å². The molecule has 7 nitrogen and oxygen atoms in total. The number of hydrogen-bond acceptors (Lipinski definition) is 4. The molecule has 1 atom stereocenters. The van der Waals surface area contributed by atoms with Crippen LogP contribution in [0.1, 0.15) is 43.9 Å². The summed E-state index contributed by atoms with van der Waals surface area (Å²) >= 11 is 6.22. The number of carbonyl (C=O) groups excluding carboxylic acids is 2. The van der Waals surface area contributed by atoms with E-state index in [9.17, 15) is 18.0 Å². The summed E-state index contributed by atoms with van der Waals surface area (Å²) in [6.45, 7) is 9.02. The Morgan fingerprint density at radius 3 is 2.29 bits per heavy atom. The Kier molecular flexibility index (Phi) is 9.53. The number of rotatable bonds is 10. The minimum absolute atomic E-state index is 0.0975. The first-order valence-electron chi connectivity index (χ1n) is 11.2. The molecule has 34 heavy (non-hydrogen) atoms. The molecule has 0 heterocycles. The van der Waals surface area contributed by atoms with Gasteiger partial charge in [0, 0.05) is 17.6 Å². The average molecular weight is 508 g/mol. The highest BCUT2D eigenvalue weighted by Crippen LogP contribution is 2.25. The Balaban J connectivity index is 2.46. The molecule has 0 aromatic heterocycles. The highest BCUT2D eigenvalue weighted by atomic mass is 35.5. The van der Waals surface area contributed by atoms with Crippen LogP contribution in [-0.2, 0) is 26.2 Å². The van der Waals surface area contributed by atoms with Gasteiger partial charge in [0.1, 0.15) is 12.6 Å². The van der Waals surface area contributed by atoms with Gasteiger partial charge in [0.25, 0.3) is 0 Å². The van der Waals surface area contributed by atoms with Crippen molar-refractivity contribution in [3.8, 4) is 0 Å². The van der Waals surface area contributed by atoms with E-state index in [2.05, 4.69) is 5.32 Å². The third-order valence-electron chi connectivity index (χ3n) is 5.37. The Morgan fingerprint density at radius 2 is 1.76 bits per heavy atom. The highest BCUT2D eigenvalue weighted by molar-refractivity contribution is 7.92. The van der Waals surface area contributed by atoms with Crippen molar-refractivity contribution in [2.24, 2.45) is 0 Å². The van der Waals surface area contributed by atoms with E-state index in [0.717, 1.165) is 27.3 Å². The first kappa shape index (κ1) is 27.7. The van der Waals surface area contributed by atoms with Gasteiger partial charge in [-0.05, 0) is 57.4 Å². The SMILES string of the molecule is CCC(C(=O)NC(C)C)N(Cc1cccc(C)c1)C(=O)CN(c1ccc(C)c(Cl)c1)S(C)(=O)=O. The van der Waals surface area contributed by atoms with Crippen molar-refractivity contribution in [3.63, 3.8) is 0 Å². The molecule has 186 valence electrons. The molecular formula is C25H34ClN3O4S. The van der Waals surface area contributed by atoms with Crippen LogP contribution in [0.5, 0.6) is 0 Å². The minimum atomic E-state index is -3.80. The second-order valence-electron chi connectivity index (χ2n) is 8.80. The molecule has 0 aliphatic carbocycles. The number of amides is 2. The van der Waals surface area contributed by atoms with Crippen molar-refractivity contribution in [3.05, 3.63) is 64.2 Å². The summed E-state index contributed by atoms with van der Waals surface area (Å²) in [5, 5.41) is 3.27. The van der Waals surface area contributed by atoms with Crippen molar-refractivity contribution in [1.29, 1.82) is 0 Å². The molecule has 2 aromatic carbocycles. The van der Waals surface area contributed by atoms with E-state index in [4.69, 9.17) is 11.6 Å². The molecule has 0 fully saturated rings. The van der Waals surface area contributed by atoms with Crippen LogP contribution in [0, 0.1) is 13.8 Å². The molecule has 1 unspecified atom stereocenters. The molecule has 0 spiro atoms. The normalized spacial score (nSPS) is 12.4. The van der Waals surface area contributed by atoms with Gasteiger partial charge < -0.3 is 10.2 Å². The van der Waals surface area contributed by atoms with Crippen LogP contribution in [0.25, 0.3) is 0 Å². The number of nitrogens with zero attached hydrogens (tertiary/aromatic N) is 2. The molecule has 0 saturated heterocycles. The lowest BCUT2D eigenvalue weighted by Crippen LogP contribution is -2.53. The molecule has 0 saturated carbocycles. The van der Waals surface area contributed by atoms with Crippen LogP contribution in [0.3, 0.4) is 0 Å². The lowest BCUT2D eigenvalue weighted by atomic mass is 10.1. The fraction of sp³-hybridized carbons (Fsp3) is 0.440.